The summed E-state index contributed by atoms with van der Waals surface area (Å²) in [5, 5.41) is 13.6. The Morgan fingerprint density at radius 3 is 2.55 bits per heavy atom. The molecule has 0 radical (unpaired) electrons. The van der Waals surface area contributed by atoms with Crippen LogP contribution in [0.4, 0.5) is 15.9 Å². The highest BCUT2D eigenvalue weighted by atomic mass is 35.5. The van der Waals surface area contributed by atoms with Crippen LogP contribution in [-0.4, -0.2) is 16.1 Å². The third-order valence-corrected chi connectivity index (χ3v) is 4.93. The maximum Gasteiger partial charge on any atom is 0.221 e. The topological polar surface area (TPSA) is 69.8 Å². The zero-order valence-electron chi connectivity index (χ0n) is 15.6. The van der Waals surface area contributed by atoms with Crippen LogP contribution in [0.2, 0.25) is 5.02 Å². The predicted molar refractivity (Wildman–Crippen MR) is 115 cm³/mol. The molecule has 0 aliphatic rings. The van der Waals surface area contributed by atoms with Gasteiger partial charge in [0.25, 0.3) is 0 Å². The first-order valence-corrected chi connectivity index (χ1v) is 9.42. The fourth-order valence-corrected chi connectivity index (χ4v) is 3.41. The molecule has 4 rings (SSSR count). The summed E-state index contributed by atoms with van der Waals surface area (Å²) in [6, 6.07) is 18.7. The summed E-state index contributed by atoms with van der Waals surface area (Å²) in [5.41, 5.74) is 3.43. The molecule has 0 fully saturated rings. The predicted octanol–water partition coefficient (Wildman–Crippen LogP) is 5.59. The molecule has 0 spiro atoms. The molecule has 3 aromatic carbocycles. The van der Waals surface area contributed by atoms with E-state index in [9.17, 15) is 9.18 Å². The number of fused-ring (bicyclic) bond motifs is 1. The fourth-order valence-electron chi connectivity index (χ4n) is 3.15. The number of rotatable bonds is 5. The quantitative estimate of drug-likeness (QED) is 0.403. The Balaban J connectivity index is 1.61. The number of aromatic amines is 1. The van der Waals surface area contributed by atoms with E-state index < -0.39 is 5.82 Å². The number of amides is 1. The van der Waals surface area contributed by atoms with E-state index >= 15 is 0 Å². The number of aromatic nitrogens is 2. The molecule has 0 bridgehead atoms. The van der Waals surface area contributed by atoms with Crippen molar-refractivity contribution in [3.05, 3.63) is 77.1 Å². The lowest BCUT2D eigenvalue weighted by Gasteiger charge is -2.09. The van der Waals surface area contributed by atoms with Gasteiger partial charge in [-0.1, -0.05) is 54.1 Å². The lowest BCUT2D eigenvalue weighted by molar-refractivity contribution is -0.114. The third kappa shape index (κ3) is 3.93. The molecule has 7 heteroatoms. The molecule has 1 heterocycles. The first kappa shape index (κ1) is 19.0. The van der Waals surface area contributed by atoms with Gasteiger partial charge in [-0.15, -0.1) is 0 Å². The number of benzene rings is 3. The highest BCUT2D eigenvalue weighted by Crippen LogP contribution is 2.36. The van der Waals surface area contributed by atoms with Crippen LogP contribution >= 0.6 is 11.6 Å². The van der Waals surface area contributed by atoms with Crippen molar-refractivity contribution >= 4 is 39.9 Å². The highest BCUT2D eigenvalue weighted by Gasteiger charge is 2.17. The second-order valence-electron chi connectivity index (χ2n) is 6.64. The summed E-state index contributed by atoms with van der Waals surface area (Å²) in [6.45, 7) is 1.96. The van der Waals surface area contributed by atoms with Crippen LogP contribution in [0.5, 0.6) is 0 Å². The van der Waals surface area contributed by atoms with Crippen LogP contribution in [0.15, 0.2) is 60.7 Å². The Morgan fingerprint density at radius 2 is 1.86 bits per heavy atom. The molecule has 0 aliphatic carbocycles. The van der Waals surface area contributed by atoms with Gasteiger partial charge in [-0.2, -0.15) is 5.10 Å². The van der Waals surface area contributed by atoms with Crippen LogP contribution in [0, 0.1) is 5.82 Å². The lowest BCUT2D eigenvalue weighted by Crippen LogP contribution is -2.06. The molecule has 0 atom stereocenters. The van der Waals surface area contributed by atoms with Crippen LogP contribution < -0.4 is 10.6 Å². The molecule has 4 aromatic rings. The second-order valence-corrected chi connectivity index (χ2v) is 7.02. The summed E-state index contributed by atoms with van der Waals surface area (Å²) in [6.07, 6.45) is 0. The van der Waals surface area contributed by atoms with Gasteiger partial charge in [0.05, 0.1) is 5.02 Å². The van der Waals surface area contributed by atoms with Crippen LogP contribution in [0.3, 0.4) is 0 Å². The van der Waals surface area contributed by atoms with Crippen LogP contribution in [0.1, 0.15) is 12.5 Å². The van der Waals surface area contributed by atoms with Gasteiger partial charge in [0.15, 0.2) is 11.6 Å². The summed E-state index contributed by atoms with van der Waals surface area (Å²) in [5.74, 6) is -0.101. The molecule has 29 heavy (non-hydrogen) atoms. The fraction of sp³-hybridized carbons (Fsp3) is 0.0909. The summed E-state index contributed by atoms with van der Waals surface area (Å²) in [7, 11) is 0. The number of H-pyrrole nitrogens is 1. The molecule has 0 aliphatic heterocycles. The molecule has 146 valence electrons. The van der Waals surface area contributed by atoms with Crippen molar-refractivity contribution < 1.29 is 9.18 Å². The summed E-state index contributed by atoms with van der Waals surface area (Å²) >= 11 is 6.27. The first-order chi connectivity index (χ1) is 14.0. The van der Waals surface area contributed by atoms with Gasteiger partial charge in [0.1, 0.15) is 5.52 Å². The highest BCUT2D eigenvalue weighted by molar-refractivity contribution is 6.34. The van der Waals surface area contributed by atoms with Crippen molar-refractivity contribution in [1.29, 1.82) is 0 Å². The Bertz CT molecular complexity index is 1170. The van der Waals surface area contributed by atoms with E-state index in [1.54, 1.807) is 0 Å². The third-order valence-electron chi connectivity index (χ3n) is 4.56. The van der Waals surface area contributed by atoms with E-state index in [2.05, 4.69) is 20.8 Å². The van der Waals surface area contributed by atoms with Gasteiger partial charge in [-0.25, -0.2) is 4.39 Å². The monoisotopic (exact) mass is 408 g/mol. The number of carbonyl (C=O) groups excluding carboxylic acids is 1. The lowest BCUT2D eigenvalue weighted by atomic mass is 10.0. The molecule has 0 unspecified atom stereocenters. The second kappa shape index (κ2) is 7.93. The minimum Gasteiger partial charge on any atom is -0.364 e. The standard InChI is InChI=1S/C22H18ClFN4O/c1-13(29)26-16-9-7-14(8-10-16)12-25-22-18-11-17(15-5-3-2-4-6-15)19(23)20(24)21(18)27-28-22/h2-11H,12H2,1H3,(H,26,29)(H2,25,27,28). The minimum absolute atomic E-state index is 0.0625. The van der Waals surface area contributed by atoms with E-state index in [1.165, 1.54) is 6.92 Å². The number of halogens is 2. The summed E-state index contributed by atoms with van der Waals surface area (Å²) < 4.78 is 14.8. The maximum atomic E-state index is 14.8. The van der Waals surface area contributed by atoms with Crippen molar-refractivity contribution in [2.24, 2.45) is 0 Å². The van der Waals surface area contributed by atoms with E-state index in [1.807, 2.05) is 60.7 Å². The zero-order valence-corrected chi connectivity index (χ0v) is 16.3. The minimum atomic E-state index is -0.525. The largest absolute Gasteiger partial charge is 0.364 e. The van der Waals surface area contributed by atoms with Gasteiger partial charge >= 0.3 is 0 Å². The zero-order chi connectivity index (χ0) is 20.4. The number of hydrogen-bond donors (Lipinski definition) is 3. The smallest absolute Gasteiger partial charge is 0.221 e. The first-order valence-electron chi connectivity index (χ1n) is 9.05. The average Bonchev–Trinajstić information content (AvgIpc) is 3.13. The van der Waals surface area contributed by atoms with Crippen molar-refractivity contribution in [2.75, 3.05) is 10.6 Å². The molecule has 3 N–H and O–H groups in total. The Kier molecular flexibility index (Phi) is 5.18. The van der Waals surface area contributed by atoms with Crippen molar-refractivity contribution in [2.45, 2.75) is 13.5 Å². The van der Waals surface area contributed by atoms with Gasteiger partial charge in [0, 0.05) is 30.1 Å². The number of nitrogens with one attached hydrogen (secondary N) is 3. The molecular weight excluding hydrogens is 391 g/mol. The normalized spacial score (nSPS) is 10.9. The van der Waals surface area contributed by atoms with Gasteiger partial charge in [0.2, 0.25) is 5.91 Å². The van der Waals surface area contributed by atoms with Crippen molar-refractivity contribution in [3.63, 3.8) is 0 Å². The number of nitrogens with zero attached hydrogens (tertiary/aromatic N) is 1. The summed E-state index contributed by atoms with van der Waals surface area (Å²) in [4.78, 5) is 11.1. The van der Waals surface area contributed by atoms with Crippen LogP contribution in [0.25, 0.3) is 22.0 Å². The van der Waals surface area contributed by atoms with E-state index in [0.717, 1.165) is 16.8 Å². The van der Waals surface area contributed by atoms with Gasteiger partial charge < -0.3 is 10.6 Å². The van der Waals surface area contributed by atoms with Gasteiger partial charge in [-0.3, -0.25) is 9.89 Å². The molecule has 0 saturated carbocycles. The molecule has 1 amide bonds. The Morgan fingerprint density at radius 1 is 1.14 bits per heavy atom. The van der Waals surface area contributed by atoms with E-state index in [4.69, 9.17) is 11.6 Å². The number of anilines is 2. The van der Waals surface area contributed by atoms with E-state index in [-0.39, 0.29) is 16.4 Å². The maximum absolute atomic E-state index is 14.8. The number of hydrogen-bond acceptors (Lipinski definition) is 3. The molecule has 1 aromatic heterocycles. The van der Waals surface area contributed by atoms with Crippen molar-refractivity contribution in [3.8, 4) is 11.1 Å². The van der Waals surface area contributed by atoms with Gasteiger partial charge in [-0.05, 0) is 29.3 Å². The average molecular weight is 409 g/mol. The Labute approximate surface area is 171 Å². The molecular formula is C22H18ClFN4O. The molecule has 5 nitrogen and oxygen atoms in total. The van der Waals surface area contributed by atoms with Crippen molar-refractivity contribution in [1.82, 2.24) is 10.2 Å². The number of carbonyl (C=O) groups is 1. The van der Waals surface area contributed by atoms with Crippen LogP contribution in [-0.2, 0) is 11.3 Å². The SMILES string of the molecule is CC(=O)Nc1ccc(CNc2n[nH]c3c(F)c(Cl)c(-c4ccccc4)cc23)cc1. The van der Waals surface area contributed by atoms with E-state index in [0.29, 0.717) is 23.3 Å². The Hall–Kier alpha value is -3.38. The molecule has 0 saturated heterocycles.